The normalized spacial score (nSPS) is 22.4. The minimum atomic E-state index is 0.577. The standard InChI is InChI=1S/C16H21BrN4/c1-10-8-21(9-15(10)20(2)3)14-5-4-13(18)12-6-11(17)7-19-16(12)14/h4-7,10,15H,8-9,18H2,1-3H3. The first-order valence-corrected chi connectivity index (χ1v) is 8.02. The summed E-state index contributed by atoms with van der Waals surface area (Å²) in [4.78, 5) is 9.34. The Morgan fingerprint density at radius 3 is 2.76 bits per heavy atom. The summed E-state index contributed by atoms with van der Waals surface area (Å²) in [6.45, 7) is 4.40. The topological polar surface area (TPSA) is 45.4 Å². The fourth-order valence-corrected chi connectivity index (χ4v) is 3.61. The SMILES string of the molecule is CC1CN(c2ccc(N)c3cc(Br)cnc23)CC1N(C)C. The van der Waals surface area contributed by atoms with E-state index in [1.165, 1.54) is 5.69 Å². The molecule has 2 atom stereocenters. The van der Waals surface area contributed by atoms with Gasteiger partial charge < -0.3 is 15.5 Å². The summed E-state index contributed by atoms with van der Waals surface area (Å²) in [5.74, 6) is 0.642. The summed E-state index contributed by atoms with van der Waals surface area (Å²) in [7, 11) is 4.31. The van der Waals surface area contributed by atoms with Crippen molar-refractivity contribution in [2.24, 2.45) is 5.92 Å². The molecule has 0 saturated carbocycles. The second-order valence-corrected chi connectivity index (χ2v) is 7.05. The minimum absolute atomic E-state index is 0.577. The van der Waals surface area contributed by atoms with Gasteiger partial charge in [0.15, 0.2) is 0 Å². The molecule has 0 spiro atoms. The Hall–Kier alpha value is -1.33. The van der Waals surface area contributed by atoms with E-state index in [4.69, 9.17) is 5.73 Å². The second kappa shape index (κ2) is 5.46. The van der Waals surface area contributed by atoms with Crippen molar-refractivity contribution in [1.82, 2.24) is 9.88 Å². The highest BCUT2D eigenvalue weighted by atomic mass is 79.9. The molecule has 1 aromatic carbocycles. The molecule has 1 fully saturated rings. The van der Waals surface area contributed by atoms with E-state index in [0.29, 0.717) is 12.0 Å². The molecule has 0 aliphatic carbocycles. The molecule has 1 saturated heterocycles. The lowest BCUT2D eigenvalue weighted by atomic mass is 10.1. The van der Waals surface area contributed by atoms with E-state index in [2.05, 4.69) is 57.8 Å². The summed E-state index contributed by atoms with van der Waals surface area (Å²) in [6.07, 6.45) is 1.84. The van der Waals surface area contributed by atoms with Crippen LogP contribution in [-0.2, 0) is 0 Å². The number of nitrogens with zero attached hydrogens (tertiary/aromatic N) is 3. The Morgan fingerprint density at radius 2 is 2.10 bits per heavy atom. The Labute approximate surface area is 134 Å². The number of halogens is 1. The van der Waals surface area contributed by atoms with E-state index in [1.54, 1.807) is 0 Å². The second-order valence-electron chi connectivity index (χ2n) is 6.14. The van der Waals surface area contributed by atoms with Gasteiger partial charge in [0, 0.05) is 40.9 Å². The van der Waals surface area contributed by atoms with Crippen molar-refractivity contribution in [2.45, 2.75) is 13.0 Å². The Morgan fingerprint density at radius 1 is 1.33 bits per heavy atom. The van der Waals surface area contributed by atoms with Crippen molar-refractivity contribution in [1.29, 1.82) is 0 Å². The zero-order valence-corrected chi connectivity index (χ0v) is 14.3. The number of pyridine rings is 1. The molecule has 1 aliphatic rings. The number of hydrogen-bond donors (Lipinski definition) is 1. The molecule has 2 unspecified atom stereocenters. The van der Waals surface area contributed by atoms with Crippen LogP contribution in [0.3, 0.4) is 0 Å². The van der Waals surface area contributed by atoms with Gasteiger partial charge in [0.25, 0.3) is 0 Å². The van der Waals surface area contributed by atoms with Crippen molar-refractivity contribution >= 4 is 38.2 Å². The van der Waals surface area contributed by atoms with Crippen molar-refractivity contribution < 1.29 is 0 Å². The molecule has 1 aromatic heterocycles. The largest absolute Gasteiger partial charge is 0.398 e. The average Bonchev–Trinajstić information content (AvgIpc) is 2.82. The first-order chi connectivity index (χ1) is 9.97. The first-order valence-electron chi connectivity index (χ1n) is 7.22. The highest BCUT2D eigenvalue weighted by molar-refractivity contribution is 9.10. The van der Waals surface area contributed by atoms with Crippen LogP contribution in [0.15, 0.2) is 28.9 Å². The van der Waals surface area contributed by atoms with Crippen molar-refractivity contribution in [3.63, 3.8) is 0 Å². The third-order valence-corrected chi connectivity index (χ3v) is 4.84. The van der Waals surface area contributed by atoms with Crippen LogP contribution in [0.1, 0.15) is 6.92 Å². The molecule has 2 aromatic rings. The van der Waals surface area contributed by atoms with E-state index in [0.717, 1.165) is 34.2 Å². The van der Waals surface area contributed by atoms with Crippen LogP contribution < -0.4 is 10.6 Å². The van der Waals surface area contributed by atoms with Crippen LogP contribution in [0.2, 0.25) is 0 Å². The lowest BCUT2D eigenvalue weighted by Gasteiger charge is -2.23. The van der Waals surface area contributed by atoms with Gasteiger partial charge in [-0.2, -0.15) is 0 Å². The maximum atomic E-state index is 6.11. The lowest BCUT2D eigenvalue weighted by molar-refractivity contribution is 0.266. The molecule has 0 radical (unpaired) electrons. The number of hydrogen-bond acceptors (Lipinski definition) is 4. The summed E-state index contributed by atoms with van der Waals surface area (Å²) >= 11 is 3.47. The molecule has 1 aliphatic heterocycles. The van der Waals surface area contributed by atoms with Gasteiger partial charge in [0.2, 0.25) is 0 Å². The van der Waals surface area contributed by atoms with Gasteiger partial charge in [-0.25, -0.2) is 0 Å². The van der Waals surface area contributed by atoms with E-state index in [1.807, 2.05) is 18.3 Å². The molecule has 2 N–H and O–H groups in total. The van der Waals surface area contributed by atoms with Gasteiger partial charge in [-0.05, 0) is 54.1 Å². The fraction of sp³-hybridized carbons (Fsp3) is 0.438. The smallest absolute Gasteiger partial charge is 0.0956 e. The van der Waals surface area contributed by atoms with E-state index < -0.39 is 0 Å². The van der Waals surface area contributed by atoms with Crippen molar-refractivity contribution in [3.8, 4) is 0 Å². The van der Waals surface area contributed by atoms with Crippen LogP contribution >= 0.6 is 15.9 Å². The van der Waals surface area contributed by atoms with E-state index in [9.17, 15) is 0 Å². The van der Waals surface area contributed by atoms with Gasteiger partial charge in [-0.1, -0.05) is 6.92 Å². The number of nitrogen functional groups attached to an aromatic ring is 1. The number of benzene rings is 1. The first kappa shape index (κ1) is 14.6. The maximum Gasteiger partial charge on any atom is 0.0956 e. The summed E-state index contributed by atoms with van der Waals surface area (Å²) < 4.78 is 0.958. The summed E-state index contributed by atoms with van der Waals surface area (Å²) in [5.41, 5.74) is 9.06. The lowest BCUT2D eigenvalue weighted by Crippen LogP contribution is -2.34. The summed E-state index contributed by atoms with van der Waals surface area (Å²) in [6, 6.07) is 6.71. The molecular weight excluding hydrogens is 328 g/mol. The predicted octanol–water partition coefficient (Wildman–Crippen LogP) is 2.97. The van der Waals surface area contributed by atoms with E-state index >= 15 is 0 Å². The van der Waals surface area contributed by atoms with Crippen LogP contribution in [0.5, 0.6) is 0 Å². The fourth-order valence-electron chi connectivity index (χ4n) is 3.27. The van der Waals surface area contributed by atoms with Gasteiger partial charge in [0.05, 0.1) is 11.2 Å². The number of anilines is 2. The quantitative estimate of drug-likeness (QED) is 0.847. The highest BCUT2D eigenvalue weighted by Gasteiger charge is 2.32. The number of likely N-dealkylation sites (N-methyl/N-ethyl adjacent to an activating group) is 1. The number of fused-ring (bicyclic) bond motifs is 1. The van der Waals surface area contributed by atoms with Crippen LogP contribution in [0.4, 0.5) is 11.4 Å². The summed E-state index contributed by atoms with van der Waals surface area (Å²) in [5, 5.41) is 1.02. The molecule has 5 heteroatoms. The molecule has 2 heterocycles. The highest BCUT2D eigenvalue weighted by Crippen LogP contribution is 2.34. The molecule has 112 valence electrons. The molecule has 3 rings (SSSR count). The van der Waals surface area contributed by atoms with Crippen molar-refractivity contribution in [2.75, 3.05) is 37.8 Å². The van der Waals surface area contributed by atoms with Crippen LogP contribution in [0, 0.1) is 5.92 Å². The molecule has 0 bridgehead atoms. The Kier molecular flexibility index (Phi) is 3.80. The van der Waals surface area contributed by atoms with Gasteiger partial charge >= 0.3 is 0 Å². The third kappa shape index (κ3) is 2.60. The Balaban J connectivity index is 2.04. The van der Waals surface area contributed by atoms with Gasteiger partial charge in [0.1, 0.15) is 0 Å². The van der Waals surface area contributed by atoms with E-state index in [-0.39, 0.29) is 0 Å². The zero-order chi connectivity index (χ0) is 15.1. The number of aromatic nitrogens is 1. The monoisotopic (exact) mass is 348 g/mol. The van der Waals surface area contributed by atoms with Crippen LogP contribution in [-0.4, -0.2) is 43.1 Å². The molecule has 4 nitrogen and oxygen atoms in total. The molecule has 21 heavy (non-hydrogen) atoms. The average molecular weight is 349 g/mol. The Bertz CT molecular complexity index is 671. The number of nitrogens with two attached hydrogens (primary N) is 1. The van der Waals surface area contributed by atoms with Crippen LogP contribution in [0.25, 0.3) is 10.9 Å². The predicted molar refractivity (Wildman–Crippen MR) is 92.7 cm³/mol. The molecular formula is C16H21BrN4. The maximum absolute atomic E-state index is 6.11. The van der Waals surface area contributed by atoms with Crippen molar-refractivity contribution in [3.05, 3.63) is 28.9 Å². The zero-order valence-electron chi connectivity index (χ0n) is 12.7. The molecule has 0 amide bonds. The van der Waals surface area contributed by atoms with Gasteiger partial charge in [-0.15, -0.1) is 0 Å². The van der Waals surface area contributed by atoms with Gasteiger partial charge in [-0.3, -0.25) is 4.98 Å². The third-order valence-electron chi connectivity index (χ3n) is 4.41. The minimum Gasteiger partial charge on any atom is -0.398 e. The number of rotatable bonds is 2.